The Morgan fingerprint density at radius 2 is 1.24 bits per heavy atom. The molecule has 3 atom stereocenters. The van der Waals surface area contributed by atoms with Crippen molar-refractivity contribution in [3.05, 3.63) is 36.5 Å². The van der Waals surface area contributed by atoms with Crippen molar-refractivity contribution in [3.63, 3.8) is 0 Å². The van der Waals surface area contributed by atoms with Crippen LogP contribution in [0.2, 0.25) is 0 Å². The zero-order chi connectivity index (χ0) is 34.0. The number of aliphatic hydroxyl groups is 2. The first kappa shape index (κ1) is 44.7. The fraction of sp³-hybridized carbons (Fsp3) is 0.806. The minimum absolute atomic E-state index is 0.0389. The lowest BCUT2D eigenvalue weighted by Crippen LogP contribution is -2.29. The van der Waals surface area contributed by atoms with Gasteiger partial charge in [-0.1, -0.05) is 127 Å². The Balaban J connectivity index is 4.32. The third-order valence-corrected chi connectivity index (χ3v) is 8.29. The van der Waals surface area contributed by atoms with Crippen LogP contribution in [0.25, 0.3) is 0 Å². The topological polar surface area (TPSA) is 132 Å². The maximum Gasteiger partial charge on any atom is 0.472 e. The Morgan fingerprint density at radius 3 is 1.85 bits per heavy atom. The lowest BCUT2D eigenvalue weighted by molar-refractivity contribution is -0.154. The standard InChI is InChI=1S/C36H67O9P/c1-3-5-7-9-11-13-15-17-18-20-22-24-26-28-36(39)45-35(33-44-46(40,41)43-31-34(38)30-37)32-42-29-27-25-23-21-19-16-14-12-10-8-6-4-2/h5,7,11,13,17-18,34-35,37-38H,3-4,6,8-10,12,14-16,19-33H2,1-2H3,(H,40,41)/b7-5-,13-11-,18-17-. The van der Waals surface area contributed by atoms with Gasteiger partial charge in [-0.05, 0) is 44.9 Å². The lowest BCUT2D eigenvalue weighted by atomic mass is 10.1. The van der Waals surface area contributed by atoms with Crippen LogP contribution in [0.3, 0.4) is 0 Å². The molecule has 0 heterocycles. The van der Waals surface area contributed by atoms with Gasteiger partial charge in [0.2, 0.25) is 0 Å². The van der Waals surface area contributed by atoms with Crippen molar-refractivity contribution in [1.82, 2.24) is 0 Å². The van der Waals surface area contributed by atoms with Crippen molar-refractivity contribution >= 4 is 13.8 Å². The summed E-state index contributed by atoms with van der Waals surface area (Å²) in [5, 5.41) is 18.2. The Bertz CT molecular complexity index is 815. The first-order valence-corrected chi connectivity index (χ1v) is 19.5. The molecule has 0 aliphatic carbocycles. The monoisotopic (exact) mass is 674 g/mol. The molecule has 10 heteroatoms. The molecule has 9 nitrogen and oxygen atoms in total. The molecule has 0 spiro atoms. The summed E-state index contributed by atoms with van der Waals surface area (Å²) < 4.78 is 33.1. The normalized spacial score (nSPS) is 14.8. The minimum atomic E-state index is -4.51. The summed E-state index contributed by atoms with van der Waals surface area (Å²) in [6.07, 6.45) is 32.5. The number of ether oxygens (including phenoxy) is 2. The second-order valence-corrected chi connectivity index (χ2v) is 13.3. The average molecular weight is 675 g/mol. The fourth-order valence-electron chi connectivity index (χ4n) is 4.60. The van der Waals surface area contributed by atoms with Gasteiger partial charge in [0.15, 0.2) is 0 Å². The Hall–Kier alpha value is -1.32. The van der Waals surface area contributed by atoms with Crippen molar-refractivity contribution in [2.45, 2.75) is 154 Å². The summed E-state index contributed by atoms with van der Waals surface area (Å²) in [4.78, 5) is 22.4. The molecule has 0 bridgehead atoms. The average Bonchev–Trinajstić information content (AvgIpc) is 3.04. The van der Waals surface area contributed by atoms with Gasteiger partial charge in [-0.25, -0.2) is 4.57 Å². The van der Waals surface area contributed by atoms with E-state index in [1.807, 2.05) is 0 Å². The van der Waals surface area contributed by atoms with Gasteiger partial charge in [-0.15, -0.1) is 0 Å². The van der Waals surface area contributed by atoms with Crippen LogP contribution in [-0.4, -0.2) is 66.3 Å². The van der Waals surface area contributed by atoms with Crippen LogP contribution in [-0.2, 0) is 27.9 Å². The third kappa shape index (κ3) is 32.6. The molecule has 0 saturated heterocycles. The predicted molar refractivity (Wildman–Crippen MR) is 187 cm³/mol. The number of hydrogen-bond acceptors (Lipinski definition) is 8. The molecule has 0 aromatic heterocycles. The van der Waals surface area contributed by atoms with E-state index < -0.39 is 39.2 Å². The number of allylic oxidation sites excluding steroid dienone is 6. The van der Waals surface area contributed by atoms with E-state index in [1.54, 1.807) is 0 Å². The van der Waals surface area contributed by atoms with Crippen molar-refractivity contribution in [3.8, 4) is 0 Å². The third-order valence-electron chi connectivity index (χ3n) is 7.34. The maximum absolute atomic E-state index is 12.5. The van der Waals surface area contributed by atoms with E-state index in [0.29, 0.717) is 13.0 Å². The first-order valence-electron chi connectivity index (χ1n) is 18.0. The second-order valence-electron chi connectivity index (χ2n) is 11.9. The summed E-state index contributed by atoms with van der Waals surface area (Å²) in [5.41, 5.74) is 0. The van der Waals surface area contributed by atoms with E-state index in [-0.39, 0.29) is 19.6 Å². The van der Waals surface area contributed by atoms with Crippen LogP contribution >= 0.6 is 7.82 Å². The van der Waals surface area contributed by atoms with Crippen LogP contribution in [0.15, 0.2) is 36.5 Å². The van der Waals surface area contributed by atoms with Crippen molar-refractivity contribution < 1.29 is 43.0 Å². The molecule has 0 aromatic carbocycles. The maximum atomic E-state index is 12.5. The number of hydrogen-bond donors (Lipinski definition) is 3. The molecule has 3 N–H and O–H groups in total. The number of phosphoric acid groups is 1. The molecule has 0 rings (SSSR count). The SMILES string of the molecule is CC/C=C\C/C=C\C/C=C\CCCCCC(=O)OC(COCCCCCCCCCCCCCC)COP(=O)(O)OCC(O)CO. The number of esters is 1. The zero-order valence-electron chi connectivity index (χ0n) is 29.0. The number of rotatable bonds is 34. The summed E-state index contributed by atoms with van der Waals surface area (Å²) >= 11 is 0. The number of unbranched alkanes of at least 4 members (excludes halogenated alkanes) is 14. The van der Waals surface area contributed by atoms with Gasteiger partial charge in [0.1, 0.15) is 12.2 Å². The molecule has 0 amide bonds. The fourth-order valence-corrected chi connectivity index (χ4v) is 5.39. The van der Waals surface area contributed by atoms with Gasteiger partial charge < -0.3 is 24.6 Å². The number of aliphatic hydroxyl groups excluding tert-OH is 2. The molecule has 0 radical (unpaired) electrons. The van der Waals surface area contributed by atoms with E-state index >= 15 is 0 Å². The molecule has 0 aliphatic rings. The van der Waals surface area contributed by atoms with Crippen molar-refractivity contribution in [2.24, 2.45) is 0 Å². The Kier molecular flexibility index (Phi) is 32.6. The van der Waals surface area contributed by atoms with Crippen LogP contribution < -0.4 is 0 Å². The highest BCUT2D eigenvalue weighted by Crippen LogP contribution is 2.43. The molecular weight excluding hydrogens is 607 g/mol. The van der Waals surface area contributed by atoms with Crippen LogP contribution in [0.1, 0.15) is 142 Å². The van der Waals surface area contributed by atoms with Gasteiger partial charge in [0.25, 0.3) is 0 Å². The zero-order valence-corrected chi connectivity index (χ0v) is 29.9. The quantitative estimate of drug-likeness (QED) is 0.0265. The first-order chi connectivity index (χ1) is 22.3. The van der Waals surface area contributed by atoms with Crippen LogP contribution in [0.4, 0.5) is 0 Å². The van der Waals surface area contributed by atoms with Crippen LogP contribution in [0.5, 0.6) is 0 Å². The van der Waals surface area contributed by atoms with Gasteiger partial charge >= 0.3 is 13.8 Å². The molecule has 0 aliphatic heterocycles. The van der Waals surface area contributed by atoms with Crippen molar-refractivity contribution in [2.75, 3.05) is 33.0 Å². The Labute approximate surface area is 280 Å². The molecule has 46 heavy (non-hydrogen) atoms. The van der Waals surface area contributed by atoms with E-state index in [9.17, 15) is 19.4 Å². The van der Waals surface area contributed by atoms with E-state index in [4.69, 9.17) is 23.6 Å². The highest BCUT2D eigenvalue weighted by molar-refractivity contribution is 7.47. The summed E-state index contributed by atoms with van der Waals surface area (Å²) in [6.45, 7) is 3.34. The van der Waals surface area contributed by atoms with Crippen LogP contribution in [0, 0.1) is 0 Å². The minimum Gasteiger partial charge on any atom is -0.457 e. The van der Waals surface area contributed by atoms with E-state index in [0.717, 1.165) is 57.8 Å². The summed E-state index contributed by atoms with van der Waals surface area (Å²) in [5.74, 6) is -0.412. The second kappa shape index (κ2) is 33.6. The largest absolute Gasteiger partial charge is 0.472 e. The molecule has 0 aromatic rings. The highest BCUT2D eigenvalue weighted by Gasteiger charge is 2.26. The van der Waals surface area contributed by atoms with Gasteiger partial charge in [0.05, 0.1) is 26.4 Å². The number of carbonyl (C=O) groups excluding carboxylic acids is 1. The summed E-state index contributed by atoms with van der Waals surface area (Å²) in [7, 11) is -4.51. The van der Waals surface area contributed by atoms with Gasteiger partial charge in [0, 0.05) is 13.0 Å². The number of carbonyl (C=O) groups is 1. The predicted octanol–water partition coefficient (Wildman–Crippen LogP) is 8.91. The smallest absolute Gasteiger partial charge is 0.457 e. The molecule has 3 unspecified atom stereocenters. The number of phosphoric ester groups is 1. The molecular formula is C36H67O9P. The van der Waals surface area contributed by atoms with Gasteiger partial charge in [-0.3, -0.25) is 13.8 Å². The van der Waals surface area contributed by atoms with E-state index in [1.165, 1.54) is 57.8 Å². The van der Waals surface area contributed by atoms with Crippen molar-refractivity contribution in [1.29, 1.82) is 0 Å². The summed E-state index contributed by atoms with van der Waals surface area (Å²) in [6, 6.07) is 0. The van der Waals surface area contributed by atoms with Gasteiger partial charge in [-0.2, -0.15) is 0 Å². The molecule has 0 saturated carbocycles. The highest BCUT2D eigenvalue weighted by atomic mass is 31.2. The molecule has 0 fully saturated rings. The molecule has 270 valence electrons. The Morgan fingerprint density at radius 1 is 0.696 bits per heavy atom. The lowest BCUT2D eigenvalue weighted by Gasteiger charge is -2.20. The van der Waals surface area contributed by atoms with E-state index in [2.05, 4.69) is 50.3 Å².